The van der Waals surface area contributed by atoms with Gasteiger partial charge in [0.05, 0.1) is 32.0 Å². The normalized spacial score (nSPS) is 25.4. The van der Waals surface area contributed by atoms with Crippen molar-refractivity contribution in [2.24, 2.45) is 0 Å². The summed E-state index contributed by atoms with van der Waals surface area (Å²) in [4.78, 5) is 12.1. The number of aliphatic hydroxyl groups excluding tert-OH is 6. The molecule has 0 spiro atoms. The van der Waals surface area contributed by atoms with Crippen molar-refractivity contribution in [1.29, 1.82) is 0 Å². The summed E-state index contributed by atoms with van der Waals surface area (Å²) < 4.78 is 5.46. The van der Waals surface area contributed by atoms with Gasteiger partial charge >= 0.3 is 0 Å². The molecule has 1 saturated heterocycles. The van der Waals surface area contributed by atoms with Crippen LogP contribution in [0, 0.1) is 0 Å². The summed E-state index contributed by atoms with van der Waals surface area (Å²) in [6.07, 6.45) is -0.648. The maximum Gasteiger partial charge on any atom is 0.258 e. The van der Waals surface area contributed by atoms with Gasteiger partial charge in [-0.15, -0.1) is 0 Å². The van der Waals surface area contributed by atoms with Gasteiger partial charge in [-0.1, -0.05) is 35.9 Å². The molecule has 9 nitrogen and oxygen atoms in total. The van der Waals surface area contributed by atoms with Crippen LogP contribution in [0.5, 0.6) is 5.75 Å². The number of carbonyl (C=O) groups is 1. The Hall–Kier alpha value is -1.89. The monoisotopic (exact) mass is 543 g/mol. The number of benzene rings is 2. The number of aliphatic hydroxyl groups is 6. The van der Waals surface area contributed by atoms with E-state index in [1.807, 2.05) is 30.5 Å². The number of nitrogens with one attached hydrogen (secondary N) is 1. The first-order valence-corrected chi connectivity index (χ1v) is 13.9. The molecule has 1 aliphatic rings. The summed E-state index contributed by atoms with van der Waals surface area (Å²) in [6.45, 7) is -2.22. The highest BCUT2D eigenvalue weighted by Gasteiger charge is 2.40. The second kappa shape index (κ2) is 12.6. The Morgan fingerprint density at radius 2 is 1.69 bits per heavy atom. The van der Waals surface area contributed by atoms with Crippen LogP contribution in [0.15, 0.2) is 42.5 Å². The van der Waals surface area contributed by atoms with Crippen LogP contribution in [-0.4, -0.2) is 98.8 Å². The van der Waals surface area contributed by atoms with Gasteiger partial charge in [0, 0.05) is 16.0 Å². The van der Waals surface area contributed by atoms with E-state index in [2.05, 4.69) is 5.32 Å². The molecule has 1 heterocycles. The summed E-state index contributed by atoms with van der Waals surface area (Å²) in [5, 5.41) is 61.3. The molecule has 36 heavy (non-hydrogen) atoms. The summed E-state index contributed by atoms with van der Waals surface area (Å²) in [5.74, 6) is 0.292. The summed E-state index contributed by atoms with van der Waals surface area (Å²) in [6, 6.07) is 12.6. The van der Waals surface area contributed by atoms with Crippen molar-refractivity contribution >= 4 is 28.4 Å². The first-order chi connectivity index (χ1) is 17.1. The van der Waals surface area contributed by atoms with Crippen LogP contribution in [0.3, 0.4) is 0 Å². The van der Waals surface area contributed by atoms with Crippen LogP contribution in [0.4, 0.5) is 0 Å². The third kappa shape index (κ3) is 6.70. The molecule has 7 N–H and O–H groups in total. The molecule has 0 aliphatic carbocycles. The molecule has 1 fully saturated rings. The van der Waals surface area contributed by atoms with Gasteiger partial charge in [0.2, 0.25) is 0 Å². The molecule has 11 heteroatoms. The standard InChI is InChI=1S/C25H34ClNO8S/c1-36-11-20(31)22(33)23(34)24(36)16-4-7-19(26)17(9-16)8-15-2-5-18(6-3-15)35-10-21(32)27-25(12-28,13-29)14-30/h2-7,9,20,22-24,28-31,33-34,36H,8,10-14H2,1H3,(H,27,32)/t20-,22-,23-,24+/m1/s1. The van der Waals surface area contributed by atoms with Gasteiger partial charge in [-0.3, -0.25) is 4.79 Å². The summed E-state index contributed by atoms with van der Waals surface area (Å²) >= 11 is 6.44. The van der Waals surface area contributed by atoms with E-state index in [1.165, 1.54) is 0 Å². The molecule has 0 saturated carbocycles. The molecule has 2 aromatic rings. The molecule has 200 valence electrons. The van der Waals surface area contributed by atoms with Crippen LogP contribution >= 0.6 is 22.5 Å². The van der Waals surface area contributed by atoms with Crippen LogP contribution in [0.1, 0.15) is 21.9 Å². The molecular weight excluding hydrogens is 510 g/mol. The fraction of sp³-hybridized carbons (Fsp3) is 0.480. The molecule has 1 unspecified atom stereocenters. The second-order valence-corrected chi connectivity index (χ2v) is 12.0. The minimum Gasteiger partial charge on any atom is -0.484 e. The zero-order chi connectivity index (χ0) is 26.5. The van der Waals surface area contributed by atoms with Crippen molar-refractivity contribution < 1.29 is 40.2 Å². The Labute approximate surface area is 217 Å². The lowest BCUT2D eigenvalue weighted by molar-refractivity contribution is -0.127. The molecule has 1 aliphatic heterocycles. The van der Waals surface area contributed by atoms with Crippen LogP contribution in [0.2, 0.25) is 5.02 Å². The number of halogens is 1. The van der Waals surface area contributed by atoms with Crippen LogP contribution < -0.4 is 10.1 Å². The Kier molecular flexibility index (Phi) is 10.0. The zero-order valence-electron chi connectivity index (χ0n) is 19.9. The van der Waals surface area contributed by atoms with Crippen molar-refractivity contribution in [3.8, 4) is 5.75 Å². The highest BCUT2D eigenvalue weighted by atomic mass is 35.5. The zero-order valence-corrected chi connectivity index (χ0v) is 21.6. The molecular formula is C25H34ClNO8S. The Balaban J connectivity index is 1.65. The van der Waals surface area contributed by atoms with E-state index in [0.29, 0.717) is 22.9 Å². The lowest BCUT2D eigenvalue weighted by Crippen LogP contribution is -2.58. The summed E-state index contributed by atoms with van der Waals surface area (Å²) in [7, 11) is -0.739. The number of carbonyl (C=O) groups excluding carboxylic acids is 1. The number of thiol groups is 1. The Morgan fingerprint density at radius 1 is 1.06 bits per heavy atom. The van der Waals surface area contributed by atoms with E-state index in [0.717, 1.165) is 16.7 Å². The van der Waals surface area contributed by atoms with Gasteiger partial charge in [-0.2, -0.15) is 0 Å². The smallest absolute Gasteiger partial charge is 0.258 e. The fourth-order valence-electron chi connectivity index (χ4n) is 4.23. The van der Waals surface area contributed by atoms with Gasteiger partial charge < -0.3 is 40.7 Å². The SMILES string of the molecule is C[SH]1C[C@@H](O)[C@@H](O)[C@@H](O)[C@@H]1c1ccc(Cl)c(Cc2ccc(OCC(=O)NC(CO)(CO)CO)cc2)c1. The molecule has 0 bridgehead atoms. The fourth-order valence-corrected chi connectivity index (χ4v) is 6.82. The second-order valence-electron chi connectivity index (χ2n) is 9.20. The predicted octanol–water partition coefficient (Wildman–Crippen LogP) is -0.0901. The van der Waals surface area contributed by atoms with E-state index >= 15 is 0 Å². The minimum atomic E-state index is -1.51. The maximum atomic E-state index is 12.1. The van der Waals surface area contributed by atoms with E-state index < -0.39 is 60.5 Å². The van der Waals surface area contributed by atoms with E-state index in [4.69, 9.17) is 16.3 Å². The highest BCUT2D eigenvalue weighted by molar-refractivity contribution is 8.16. The van der Waals surface area contributed by atoms with Gasteiger partial charge in [-0.05, 0) is 47.6 Å². The largest absolute Gasteiger partial charge is 0.484 e. The quantitative estimate of drug-likeness (QED) is 0.193. The molecule has 5 atom stereocenters. The van der Waals surface area contributed by atoms with Gasteiger partial charge in [-0.25, -0.2) is 10.9 Å². The number of ether oxygens (including phenoxy) is 1. The van der Waals surface area contributed by atoms with E-state index in [1.54, 1.807) is 18.2 Å². The third-order valence-electron chi connectivity index (χ3n) is 6.43. The number of hydrogen-bond donors (Lipinski definition) is 8. The maximum absolute atomic E-state index is 12.1. The van der Waals surface area contributed by atoms with Crippen molar-refractivity contribution in [2.75, 3.05) is 38.4 Å². The molecule has 2 aromatic carbocycles. The molecule has 3 rings (SSSR count). The topological polar surface area (TPSA) is 160 Å². The highest BCUT2D eigenvalue weighted by Crippen LogP contribution is 2.48. The van der Waals surface area contributed by atoms with Crippen molar-refractivity contribution in [3.63, 3.8) is 0 Å². The van der Waals surface area contributed by atoms with Crippen molar-refractivity contribution in [1.82, 2.24) is 5.32 Å². The first kappa shape index (κ1) is 28.7. The lowest BCUT2D eigenvalue weighted by atomic mass is 9.96. The van der Waals surface area contributed by atoms with Gasteiger partial charge in [0.25, 0.3) is 5.91 Å². The first-order valence-electron chi connectivity index (χ1n) is 11.5. The number of amides is 1. The third-order valence-corrected chi connectivity index (χ3v) is 9.30. The minimum absolute atomic E-state index is 0.266. The molecule has 1 amide bonds. The number of hydrogen-bond acceptors (Lipinski definition) is 8. The molecule has 0 aromatic heterocycles. The predicted molar refractivity (Wildman–Crippen MR) is 139 cm³/mol. The Bertz CT molecular complexity index is 1010. The van der Waals surface area contributed by atoms with E-state index in [-0.39, 0.29) is 11.9 Å². The average Bonchev–Trinajstić information content (AvgIpc) is 2.87. The van der Waals surface area contributed by atoms with Crippen molar-refractivity contribution in [3.05, 3.63) is 64.2 Å². The summed E-state index contributed by atoms with van der Waals surface area (Å²) in [5.41, 5.74) is 1.15. The average molecular weight is 544 g/mol. The van der Waals surface area contributed by atoms with Gasteiger partial charge in [0.15, 0.2) is 6.61 Å². The van der Waals surface area contributed by atoms with Crippen molar-refractivity contribution in [2.45, 2.75) is 35.5 Å². The lowest BCUT2D eigenvalue weighted by Gasteiger charge is -2.42. The number of rotatable bonds is 10. The molecule has 0 radical (unpaired) electrons. The van der Waals surface area contributed by atoms with Gasteiger partial charge in [0.1, 0.15) is 17.4 Å². The van der Waals surface area contributed by atoms with Crippen LogP contribution in [-0.2, 0) is 11.2 Å². The van der Waals surface area contributed by atoms with Crippen LogP contribution in [0.25, 0.3) is 0 Å². The Morgan fingerprint density at radius 3 is 2.31 bits per heavy atom. The van der Waals surface area contributed by atoms with E-state index in [9.17, 15) is 35.4 Å².